The van der Waals surface area contributed by atoms with E-state index in [1.807, 2.05) is 44.4 Å². The van der Waals surface area contributed by atoms with Crippen LogP contribution in [0.25, 0.3) is 22.2 Å². The fraction of sp³-hybridized carbons (Fsp3) is 0.379. The summed E-state index contributed by atoms with van der Waals surface area (Å²) in [6.45, 7) is 3.71. The van der Waals surface area contributed by atoms with Gasteiger partial charge in [-0.25, -0.2) is 14.7 Å². The monoisotopic (exact) mass is 552 g/mol. The number of rotatable bonds is 5. The molecule has 2 N–H and O–H groups in total. The molecule has 3 heterocycles. The summed E-state index contributed by atoms with van der Waals surface area (Å²) in [6.07, 6.45) is -0.604. The van der Waals surface area contributed by atoms with Gasteiger partial charge in [0.05, 0.1) is 19.7 Å². The Morgan fingerprint density at radius 2 is 1.80 bits per heavy atom. The first-order valence-electron chi connectivity index (χ1n) is 13.2. The Bertz CT molecular complexity index is 1560. The number of pyridine rings is 1. The van der Waals surface area contributed by atoms with E-state index < -0.39 is 17.8 Å². The summed E-state index contributed by atoms with van der Waals surface area (Å²) in [6, 6.07) is 11.3. The molecule has 0 spiro atoms. The average molecular weight is 553 g/mol. The SMILES string of the molecule is Cc1cc2ccc(-c3n(C)nc(NC(=O)Nc4ccc(CC5CCN(C)CC5)c(C(F)(F)F)c4)[n+]3C)cc2cn1. The molecule has 0 bridgehead atoms. The van der Waals surface area contributed by atoms with Crippen molar-refractivity contribution in [3.05, 3.63) is 65.5 Å². The maximum absolute atomic E-state index is 14.0. The Labute approximate surface area is 230 Å². The number of aryl methyl sites for hydroxylation is 2. The maximum atomic E-state index is 14.0. The Morgan fingerprint density at radius 1 is 1.05 bits per heavy atom. The van der Waals surface area contributed by atoms with Crippen LogP contribution in [0.15, 0.2) is 48.7 Å². The van der Waals surface area contributed by atoms with Crippen molar-refractivity contribution in [1.29, 1.82) is 0 Å². The normalized spacial score (nSPS) is 15.0. The van der Waals surface area contributed by atoms with Crippen molar-refractivity contribution in [2.45, 2.75) is 32.4 Å². The first kappa shape index (κ1) is 27.6. The van der Waals surface area contributed by atoms with Crippen LogP contribution in [0.2, 0.25) is 0 Å². The summed E-state index contributed by atoms with van der Waals surface area (Å²) in [4.78, 5) is 19.4. The molecule has 0 saturated carbocycles. The van der Waals surface area contributed by atoms with Crippen molar-refractivity contribution in [3.8, 4) is 11.4 Å². The third-order valence-electron chi connectivity index (χ3n) is 7.55. The number of amides is 2. The first-order valence-corrected chi connectivity index (χ1v) is 13.2. The van der Waals surface area contributed by atoms with Crippen LogP contribution >= 0.6 is 0 Å². The number of carbonyl (C=O) groups excluding carboxylic acids is 1. The fourth-order valence-electron chi connectivity index (χ4n) is 5.39. The van der Waals surface area contributed by atoms with E-state index in [0.717, 1.165) is 59.9 Å². The molecule has 2 amide bonds. The number of anilines is 2. The standard InChI is InChI=1S/C29H32F3N7O/c1-18-13-20-5-6-22(15-23(20)17-33-18)26-38(3)27(36-39(26)4)35-28(40)34-24-8-7-21(25(16-24)29(30,31)32)14-19-9-11-37(2)12-10-19/h5-8,13,15-17,19H,9-12,14H2,1-4H3,(H-,34,35,36,40)/p+1. The van der Waals surface area contributed by atoms with Crippen LogP contribution in [0.3, 0.4) is 0 Å². The third-order valence-corrected chi connectivity index (χ3v) is 7.55. The first-order chi connectivity index (χ1) is 19.0. The quantitative estimate of drug-likeness (QED) is 0.329. The highest BCUT2D eigenvalue weighted by Gasteiger charge is 2.34. The number of urea groups is 1. The highest BCUT2D eigenvalue weighted by molar-refractivity contribution is 5.98. The molecular formula is C29H33F3N7O+. The summed E-state index contributed by atoms with van der Waals surface area (Å²) in [5, 5.41) is 11.6. The molecule has 1 fully saturated rings. The largest absolute Gasteiger partial charge is 0.416 e. The van der Waals surface area contributed by atoms with Crippen LogP contribution in [-0.2, 0) is 26.7 Å². The highest BCUT2D eigenvalue weighted by atomic mass is 19.4. The van der Waals surface area contributed by atoms with Gasteiger partial charge >= 0.3 is 18.2 Å². The topological polar surface area (TPSA) is 79.0 Å². The number of halogens is 3. The average Bonchev–Trinajstić information content (AvgIpc) is 3.17. The van der Waals surface area contributed by atoms with E-state index >= 15 is 0 Å². The van der Waals surface area contributed by atoms with E-state index in [4.69, 9.17) is 0 Å². The molecule has 2 aromatic carbocycles. The van der Waals surface area contributed by atoms with Gasteiger partial charge < -0.3 is 4.90 Å². The van der Waals surface area contributed by atoms with Crippen molar-refractivity contribution in [1.82, 2.24) is 19.7 Å². The van der Waals surface area contributed by atoms with E-state index in [1.54, 1.807) is 23.3 Å². The minimum Gasteiger partial charge on any atom is -0.306 e. The molecule has 0 aliphatic carbocycles. The molecule has 1 saturated heterocycles. The number of nitrogens with zero attached hydrogens (tertiary/aromatic N) is 5. The van der Waals surface area contributed by atoms with E-state index in [2.05, 4.69) is 25.6 Å². The van der Waals surface area contributed by atoms with Crippen LogP contribution in [0, 0.1) is 12.8 Å². The predicted octanol–water partition coefficient (Wildman–Crippen LogP) is 5.32. The molecule has 11 heteroatoms. The minimum absolute atomic E-state index is 0.0630. The van der Waals surface area contributed by atoms with Gasteiger partial charge in [-0.2, -0.15) is 13.2 Å². The number of likely N-dealkylation sites (tertiary alicyclic amines) is 1. The fourth-order valence-corrected chi connectivity index (χ4v) is 5.39. The van der Waals surface area contributed by atoms with E-state index in [1.165, 1.54) is 12.1 Å². The van der Waals surface area contributed by atoms with Crippen LogP contribution in [0.5, 0.6) is 0 Å². The summed E-state index contributed by atoms with van der Waals surface area (Å²) < 4.78 is 45.2. The number of nitrogens with one attached hydrogen (secondary N) is 2. The molecule has 40 heavy (non-hydrogen) atoms. The lowest BCUT2D eigenvalue weighted by molar-refractivity contribution is -0.646. The van der Waals surface area contributed by atoms with Crippen molar-refractivity contribution in [3.63, 3.8) is 0 Å². The lowest BCUT2D eigenvalue weighted by Crippen LogP contribution is -2.36. The van der Waals surface area contributed by atoms with Gasteiger partial charge in [0.15, 0.2) is 0 Å². The van der Waals surface area contributed by atoms with Crippen LogP contribution in [0.1, 0.15) is 29.7 Å². The zero-order valence-corrected chi connectivity index (χ0v) is 23.0. The molecular weight excluding hydrogens is 519 g/mol. The molecule has 210 valence electrons. The zero-order chi connectivity index (χ0) is 28.6. The molecule has 0 unspecified atom stereocenters. The van der Waals surface area contributed by atoms with Gasteiger partial charge in [-0.3, -0.25) is 10.3 Å². The Morgan fingerprint density at radius 3 is 2.52 bits per heavy atom. The van der Waals surface area contributed by atoms with Gasteiger partial charge in [0.25, 0.3) is 0 Å². The van der Waals surface area contributed by atoms with Crippen LogP contribution in [0.4, 0.5) is 29.6 Å². The summed E-state index contributed by atoms with van der Waals surface area (Å²) in [5.41, 5.74) is 1.41. The van der Waals surface area contributed by atoms with Crippen LogP contribution < -0.4 is 15.2 Å². The van der Waals surface area contributed by atoms with Gasteiger partial charge in [0.2, 0.25) is 5.82 Å². The Kier molecular flexibility index (Phi) is 7.50. The molecule has 1 aliphatic rings. The lowest BCUT2D eigenvalue weighted by Gasteiger charge is -2.29. The van der Waals surface area contributed by atoms with Gasteiger partial charge in [-0.05, 0) is 93.5 Å². The number of carbonyl (C=O) groups is 1. The predicted molar refractivity (Wildman–Crippen MR) is 148 cm³/mol. The van der Waals surface area contributed by atoms with Crippen molar-refractivity contribution in [2.75, 3.05) is 30.8 Å². The van der Waals surface area contributed by atoms with E-state index in [-0.39, 0.29) is 23.1 Å². The molecule has 0 radical (unpaired) electrons. The van der Waals surface area contributed by atoms with Crippen molar-refractivity contribution >= 4 is 28.4 Å². The summed E-state index contributed by atoms with van der Waals surface area (Å²) in [7, 11) is 5.54. The number of fused-ring (bicyclic) bond motifs is 1. The number of hydrogen-bond donors (Lipinski definition) is 2. The van der Waals surface area contributed by atoms with Gasteiger partial charge in [0.1, 0.15) is 0 Å². The lowest BCUT2D eigenvalue weighted by atomic mass is 9.88. The molecule has 0 atom stereocenters. The van der Waals surface area contributed by atoms with Crippen molar-refractivity contribution in [2.24, 2.45) is 20.0 Å². The van der Waals surface area contributed by atoms with Gasteiger partial charge in [-0.15, -0.1) is 4.68 Å². The number of alkyl halides is 3. The number of benzene rings is 2. The number of hydrogen-bond acceptors (Lipinski definition) is 4. The van der Waals surface area contributed by atoms with Crippen LogP contribution in [-0.4, -0.2) is 45.8 Å². The summed E-state index contributed by atoms with van der Waals surface area (Å²) in [5.74, 6) is 1.18. The second-order valence-corrected chi connectivity index (χ2v) is 10.6. The number of piperidine rings is 1. The maximum Gasteiger partial charge on any atom is 0.416 e. The Hall–Kier alpha value is -3.99. The second kappa shape index (κ2) is 10.9. The molecule has 5 rings (SSSR count). The number of aromatic nitrogens is 4. The molecule has 1 aliphatic heterocycles. The zero-order valence-electron chi connectivity index (χ0n) is 23.0. The van der Waals surface area contributed by atoms with Crippen molar-refractivity contribution < 1.29 is 22.5 Å². The van der Waals surface area contributed by atoms with Gasteiger partial charge in [0, 0.05) is 33.6 Å². The second-order valence-electron chi connectivity index (χ2n) is 10.6. The molecule has 4 aromatic rings. The smallest absolute Gasteiger partial charge is 0.306 e. The highest BCUT2D eigenvalue weighted by Crippen LogP contribution is 2.36. The summed E-state index contributed by atoms with van der Waals surface area (Å²) >= 11 is 0. The Balaban J connectivity index is 1.32. The minimum atomic E-state index is -4.52. The molecule has 2 aromatic heterocycles. The van der Waals surface area contributed by atoms with E-state index in [0.29, 0.717) is 6.42 Å². The third kappa shape index (κ3) is 5.94. The van der Waals surface area contributed by atoms with E-state index in [9.17, 15) is 18.0 Å². The molecule has 8 nitrogen and oxygen atoms in total. The van der Waals surface area contributed by atoms with Gasteiger partial charge in [-0.1, -0.05) is 12.1 Å².